The average Bonchev–Trinajstić information content (AvgIpc) is 3.11. The average molecular weight is 415 g/mol. The Morgan fingerprint density at radius 2 is 1.86 bits per heavy atom. The maximum absolute atomic E-state index is 13.2. The molecule has 0 atom stereocenters. The van der Waals surface area contributed by atoms with Crippen molar-refractivity contribution in [3.8, 4) is 11.1 Å². The summed E-state index contributed by atoms with van der Waals surface area (Å²) in [6.07, 6.45) is 0.868. The second kappa shape index (κ2) is 8.95. The van der Waals surface area contributed by atoms with Crippen LogP contribution < -0.4 is 10.6 Å². The number of halogens is 1. The van der Waals surface area contributed by atoms with Crippen molar-refractivity contribution in [2.24, 2.45) is 0 Å². The standard InChI is InChI=1S/C21H19FN2O2S2/c1-3-13-6-4-5-7-17(13)23-21(27)24-19-18(20(25)26-2)16(12-28-19)14-8-10-15(22)11-9-14/h4-12H,3H2,1-2H3,(H2,23,24,27). The third-order valence-corrected chi connectivity index (χ3v) is 5.31. The maximum atomic E-state index is 13.2. The van der Waals surface area contributed by atoms with Crippen molar-refractivity contribution in [2.45, 2.75) is 13.3 Å². The molecule has 144 valence electrons. The van der Waals surface area contributed by atoms with E-state index in [9.17, 15) is 9.18 Å². The van der Waals surface area contributed by atoms with Gasteiger partial charge < -0.3 is 15.4 Å². The lowest BCUT2D eigenvalue weighted by Gasteiger charge is -2.13. The molecule has 28 heavy (non-hydrogen) atoms. The molecule has 0 radical (unpaired) electrons. The number of benzene rings is 2. The van der Waals surface area contributed by atoms with Crippen LogP contribution in [0.4, 0.5) is 15.1 Å². The first-order valence-corrected chi connectivity index (χ1v) is 9.94. The van der Waals surface area contributed by atoms with Crippen molar-refractivity contribution in [3.63, 3.8) is 0 Å². The van der Waals surface area contributed by atoms with Crippen LogP contribution in [0.15, 0.2) is 53.9 Å². The lowest BCUT2D eigenvalue weighted by molar-refractivity contribution is 0.0603. The van der Waals surface area contributed by atoms with Crippen LogP contribution in [0.5, 0.6) is 0 Å². The number of anilines is 2. The molecule has 0 saturated heterocycles. The van der Waals surface area contributed by atoms with Gasteiger partial charge in [-0.3, -0.25) is 0 Å². The minimum atomic E-state index is -0.486. The number of ether oxygens (including phenoxy) is 1. The fourth-order valence-corrected chi connectivity index (χ4v) is 4.04. The van der Waals surface area contributed by atoms with E-state index in [0.717, 1.165) is 23.2 Å². The largest absolute Gasteiger partial charge is 0.465 e. The number of thiocarbonyl (C=S) groups is 1. The van der Waals surface area contributed by atoms with E-state index in [1.54, 1.807) is 12.1 Å². The van der Waals surface area contributed by atoms with E-state index in [1.165, 1.54) is 30.6 Å². The van der Waals surface area contributed by atoms with Crippen LogP contribution in [0.1, 0.15) is 22.8 Å². The Morgan fingerprint density at radius 3 is 2.54 bits per heavy atom. The van der Waals surface area contributed by atoms with Crippen LogP contribution in [0.3, 0.4) is 0 Å². The Bertz CT molecular complexity index is 1000. The molecule has 0 aliphatic rings. The Kier molecular flexibility index (Phi) is 6.38. The molecular weight excluding hydrogens is 395 g/mol. The quantitative estimate of drug-likeness (QED) is 0.414. The summed E-state index contributed by atoms with van der Waals surface area (Å²) in [5.74, 6) is -0.822. The van der Waals surface area contributed by atoms with E-state index in [4.69, 9.17) is 17.0 Å². The zero-order chi connectivity index (χ0) is 20.1. The molecule has 4 nitrogen and oxygen atoms in total. The number of esters is 1. The number of hydrogen-bond acceptors (Lipinski definition) is 4. The highest BCUT2D eigenvalue weighted by molar-refractivity contribution is 7.80. The van der Waals surface area contributed by atoms with Crippen molar-refractivity contribution in [1.29, 1.82) is 0 Å². The minimum Gasteiger partial charge on any atom is -0.465 e. The molecule has 1 aromatic heterocycles. The molecule has 0 aliphatic carbocycles. The molecular formula is C21H19FN2O2S2. The maximum Gasteiger partial charge on any atom is 0.341 e. The normalized spacial score (nSPS) is 10.4. The summed E-state index contributed by atoms with van der Waals surface area (Å²) >= 11 is 6.77. The molecule has 0 bridgehead atoms. The minimum absolute atomic E-state index is 0.336. The van der Waals surface area contributed by atoms with Gasteiger partial charge in [0.25, 0.3) is 0 Å². The first-order valence-electron chi connectivity index (χ1n) is 8.65. The first kappa shape index (κ1) is 20.0. The highest BCUT2D eigenvalue weighted by Crippen LogP contribution is 2.36. The van der Waals surface area contributed by atoms with Crippen LogP contribution in [0.25, 0.3) is 11.1 Å². The monoisotopic (exact) mass is 414 g/mol. The third-order valence-electron chi connectivity index (χ3n) is 4.21. The molecule has 3 aromatic rings. The third kappa shape index (κ3) is 4.37. The Hall–Kier alpha value is -2.77. The fraction of sp³-hybridized carbons (Fsp3) is 0.143. The van der Waals surface area contributed by atoms with E-state index in [1.807, 2.05) is 29.6 Å². The Labute approximate surface area is 172 Å². The number of thiophene rings is 1. The van der Waals surface area contributed by atoms with Gasteiger partial charge in [0.1, 0.15) is 16.4 Å². The first-order chi connectivity index (χ1) is 13.5. The van der Waals surface area contributed by atoms with Gasteiger partial charge in [-0.05, 0) is 48.0 Å². The molecule has 2 aromatic carbocycles. The predicted octanol–water partition coefficient (Wildman–Crippen LogP) is 5.71. The zero-order valence-corrected chi connectivity index (χ0v) is 17.0. The summed E-state index contributed by atoms with van der Waals surface area (Å²) in [6, 6.07) is 13.9. The smallest absolute Gasteiger partial charge is 0.341 e. The van der Waals surface area contributed by atoms with Crippen LogP contribution >= 0.6 is 23.6 Å². The van der Waals surface area contributed by atoms with Gasteiger partial charge in [0.05, 0.1) is 7.11 Å². The summed E-state index contributed by atoms with van der Waals surface area (Å²) in [7, 11) is 1.33. The highest BCUT2D eigenvalue weighted by atomic mass is 32.1. The Balaban J connectivity index is 1.88. The summed E-state index contributed by atoms with van der Waals surface area (Å²) in [5.41, 5.74) is 3.81. The lowest BCUT2D eigenvalue weighted by Crippen LogP contribution is -2.20. The van der Waals surface area contributed by atoms with Crippen LogP contribution in [0, 0.1) is 5.82 Å². The fourth-order valence-electron chi connectivity index (χ4n) is 2.80. The van der Waals surface area contributed by atoms with Crippen molar-refractivity contribution in [2.75, 3.05) is 17.7 Å². The zero-order valence-electron chi connectivity index (χ0n) is 15.4. The molecule has 0 aliphatic heterocycles. The molecule has 2 N–H and O–H groups in total. The van der Waals surface area contributed by atoms with E-state index in [-0.39, 0.29) is 5.82 Å². The molecule has 0 spiro atoms. The number of aryl methyl sites for hydroxylation is 1. The van der Waals surface area contributed by atoms with E-state index in [0.29, 0.717) is 21.2 Å². The molecule has 7 heteroatoms. The molecule has 0 fully saturated rings. The van der Waals surface area contributed by atoms with Gasteiger partial charge in [-0.2, -0.15) is 0 Å². The second-order valence-electron chi connectivity index (χ2n) is 5.94. The number of rotatable bonds is 5. The number of methoxy groups -OCH3 is 1. The molecule has 0 unspecified atom stereocenters. The van der Waals surface area contributed by atoms with E-state index < -0.39 is 5.97 Å². The van der Waals surface area contributed by atoms with Crippen LogP contribution in [0.2, 0.25) is 0 Å². The van der Waals surface area contributed by atoms with Gasteiger partial charge in [-0.15, -0.1) is 11.3 Å². The topological polar surface area (TPSA) is 50.4 Å². The number of carbonyl (C=O) groups is 1. The van der Waals surface area contributed by atoms with Crippen molar-refractivity contribution in [3.05, 3.63) is 70.9 Å². The molecule has 3 rings (SSSR count). The summed E-state index contributed by atoms with van der Waals surface area (Å²) < 4.78 is 18.2. The van der Waals surface area contributed by atoms with Crippen molar-refractivity contribution in [1.82, 2.24) is 0 Å². The van der Waals surface area contributed by atoms with Gasteiger partial charge in [0.2, 0.25) is 0 Å². The molecule has 0 saturated carbocycles. The summed E-state index contributed by atoms with van der Waals surface area (Å²) in [6.45, 7) is 2.07. The summed E-state index contributed by atoms with van der Waals surface area (Å²) in [5, 5.41) is 9.03. The van der Waals surface area contributed by atoms with Gasteiger partial charge in [0.15, 0.2) is 5.11 Å². The van der Waals surface area contributed by atoms with E-state index >= 15 is 0 Å². The second-order valence-corrected chi connectivity index (χ2v) is 7.23. The number of nitrogens with one attached hydrogen (secondary N) is 2. The summed E-state index contributed by atoms with van der Waals surface area (Å²) in [4.78, 5) is 12.4. The van der Waals surface area contributed by atoms with Gasteiger partial charge >= 0.3 is 5.97 Å². The number of hydrogen-bond donors (Lipinski definition) is 2. The van der Waals surface area contributed by atoms with Crippen molar-refractivity contribution < 1.29 is 13.9 Å². The Morgan fingerprint density at radius 1 is 1.14 bits per heavy atom. The predicted molar refractivity (Wildman–Crippen MR) is 117 cm³/mol. The van der Waals surface area contributed by atoms with Crippen LogP contribution in [-0.4, -0.2) is 18.2 Å². The van der Waals surface area contributed by atoms with Crippen LogP contribution in [-0.2, 0) is 11.2 Å². The molecule has 0 amide bonds. The lowest BCUT2D eigenvalue weighted by atomic mass is 10.0. The van der Waals surface area contributed by atoms with Gasteiger partial charge in [-0.25, -0.2) is 9.18 Å². The SMILES string of the molecule is CCc1ccccc1NC(=S)Nc1scc(-c2ccc(F)cc2)c1C(=O)OC. The van der Waals surface area contributed by atoms with Gasteiger partial charge in [0, 0.05) is 16.6 Å². The van der Waals surface area contributed by atoms with Gasteiger partial charge in [-0.1, -0.05) is 37.3 Å². The highest BCUT2D eigenvalue weighted by Gasteiger charge is 2.21. The number of carbonyl (C=O) groups excluding carboxylic acids is 1. The number of para-hydroxylation sites is 1. The van der Waals surface area contributed by atoms with Crippen molar-refractivity contribution >= 4 is 45.3 Å². The molecule has 1 heterocycles. The van der Waals surface area contributed by atoms with E-state index in [2.05, 4.69) is 17.6 Å².